The molecular weight excluding hydrogens is 262 g/mol. The zero-order valence-electron chi connectivity index (χ0n) is 13.3. The van der Waals surface area contributed by atoms with Crippen molar-refractivity contribution in [1.82, 2.24) is 4.90 Å². The smallest absolute Gasteiger partial charge is 0.230 e. The van der Waals surface area contributed by atoms with Crippen LogP contribution in [0.2, 0.25) is 0 Å². The predicted molar refractivity (Wildman–Crippen MR) is 85.3 cm³/mol. The third kappa shape index (κ3) is 4.31. The molecule has 1 heterocycles. The van der Waals surface area contributed by atoms with E-state index in [4.69, 9.17) is 4.74 Å². The SMILES string of the molecule is CCC(C(=O)N1CCC(CCOC)CC1)c1ccccc1. The normalized spacial score (nSPS) is 17.7. The molecule has 0 spiro atoms. The van der Waals surface area contributed by atoms with Crippen LogP contribution in [0.3, 0.4) is 0 Å². The zero-order chi connectivity index (χ0) is 15.1. The largest absolute Gasteiger partial charge is 0.385 e. The summed E-state index contributed by atoms with van der Waals surface area (Å²) in [5.74, 6) is 1.03. The Bertz CT molecular complexity index is 424. The molecule has 3 nitrogen and oxygen atoms in total. The van der Waals surface area contributed by atoms with Gasteiger partial charge in [0.1, 0.15) is 0 Å². The zero-order valence-corrected chi connectivity index (χ0v) is 13.3. The topological polar surface area (TPSA) is 29.5 Å². The number of methoxy groups -OCH3 is 1. The molecule has 1 aliphatic heterocycles. The summed E-state index contributed by atoms with van der Waals surface area (Å²) in [7, 11) is 1.75. The van der Waals surface area contributed by atoms with Crippen LogP contribution in [0.4, 0.5) is 0 Å². The summed E-state index contributed by atoms with van der Waals surface area (Å²) in [4.78, 5) is 14.8. The van der Waals surface area contributed by atoms with Crippen LogP contribution in [0.25, 0.3) is 0 Å². The number of hydrogen-bond donors (Lipinski definition) is 0. The summed E-state index contributed by atoms with van der Waals surface area (Å²) < 4.78 is 5.15. The highest BCUT2D eigenvalue weighted by atomic mass is 16.5. The molecule has 0 aliphatic carbocycles. The van der Waals surface area contributed by atoms with Crippen LogP contribution >= 0.6 is 0 Å². The second-order valence-electron chi connectivity index (χ2n) is 5.92. The Labute approximate surface area is 128 Å². The van der Waals surface area contributed by atoms with E-state index in [1.54, 1.807) is 7.11 Å². The summed E-state index contributed by atoms with van der Waals surface area (Å²) in [6.07, 6.45) is 4.21. The van der Waals surface area contributed by atoms with E-state index >= 15 is 0 Å². The quantitative estimate of drug-likeness (QED) is 0.802. The summed E-state index contributed by atoms with van der Waals surface area (Å²) in [6, 6.07) is 10.2. The molecule has 1 aromatic carbocycles. The van der Waals surface area contributed by atoms with Gasteiger partial charge in [0.25, 0.3) is 0 Å². The van der Waals surface area contributed by atoms with Crippen LogP contribution in [-0.4, -0.2) is 37.6 Å². The number of carbonyl (C=O) groups excluding carboxylic acids is 1. The number of likely N-dealkylation sites (tertiary alicyclic amines) is 1. The minimum Gasteiger partial charge on any atom is -0.385 e. The lowest BCUT2D eigenvalue weighted by Gasteiger charge is -2.34. The molecule has 1 amide bonds. The minimum absolute atomic E-state index is 0.0155. The first-order valence-corrected chi connectivity index (χ1v) is 8.09. The summed E-state index contributed by atoms with van der Waals surface area (Å²) in [6.45, 7) is 4.73. The number of amides is 1. The van der Waals surface area contributed by atoms with E-state index in [1.165, 1.54) is 0 Å². The third-order valence-corrected chi connectivity index (χ3v) is 4.56. The Kier molecular flexibility index (Phi) is 6.24. The molecule has 0 bridgehead atoms. The van der Waals surface area contributed by atoms with Crippen LogP contribution in [-0.2, 0) is 9.53 Å². The Hall–Kier alpha value is -1.35. The van der Waals surface area contributed by atoms with Gasteiger partial charge in [-0.15, -0.1) is 0 Å². The molecule has 0 radical (unpaired) electrons. The van der Waals surface area contributed by atoms with Crippen LogP contribution in [0.15, 0.2) is 30.3 Å². The van der Waals surface area contributed by atoms with Gasteiger partial charge in [-0.2, -0.15) is 0 Å². The summed E-state index contributed by atoms with van der Waals surface area (Å²) >= 11 is 0. The second-order valence-corrected chi connectivity index (χ2v) is 5.92. The van der Waals surface area contributed by atoms with Crippen molar-refractivity contribution in [2.24, 2.45) is 5.92 Å². The van der Waals surface area contributed by atoms with Crippen molar-refractivity contribution in [2.45, 2.75) is 38.5 Å². The number of ether oxygens (including phenoxy) is 1. The van der Waals surface area contributed by atoms with Gasteiger partial charge < -0.3 is 9.64 Å². The summed E-state index contributed by atoms with van der Waals surface area (Å²) in [5, 5.41) is 0. The average molecular weight is 289 g/mol. The van der Waals surface area contributed by atoms with Crippen molar-refractivity contribution < 1.29 is 9.53 Å². The number of rotatable bonds is 6. The molecule has 1 atom stereocenters. The van der Waals surface area contributed by atoms with Gasteiger partial charge in [-0.1, -0.05) is 37.3 Å². The maximum absolute atomic E-state index is 12.8. The molecule has 2 rings (SSSR count). The molecule has 1 aromatic rings. The van der Waals surface area contributed by atoms with Crippen molar-refractivity contribution >= 4 is 5.91 Å². The van der Waals surface area contributed by atoms with Crippen LogP contribution in [0, 0.1) is 5.92 Å². The van der Waals surface area contributed by atoms with Crippen molar-refractivity contribution in [2.75, 3.05) is 26.8 Å². The number of carbonyl (C=O) groups is 1. The molecule has 21 heavy (non-hydrogen) atoms. The Morgan fingerprint density at radius 3 is 2.52 bits per heavy atom. The van der Waals surface area contributed by atoms with E-state index in [-0.39, 0.29) is 5.92 Å². The molecule has 1 aliphatic rings. The Morgan fingerprint density at radius 2 is 1.95 bits per heavy atom. The Balaban J connectivity index is 1.91. The maximum Gasteiger partial charge on any atom is 0.230 e. The molecule has 1 fully saturated rings. The van der Waals surface area contributed by atoms with Gasteiger partial charge in [0.05, 0.1) is 5.92 Å². The molecule has 3 heteroatoms. The fraction of sp³-hybridized carbons (Fsp3) is 0.611. The fourth-order valence-electron chi connectivity index (χ4n) is 3.19. The molecule has 1 saturated heterocycles. The van der Waals surface area contributed by atoms with Gasteiger partial charge in [0.15, 0.2) is 0 Å². The van der Waals surface area contributed by atoms with Crippen LogP contribution in [0.1, 0.15) is 44.1 Å². The first kappa shape index (κ1) is 16.0. The van der Waals surface area contributed by atoms with Gasteiger partial charge >= 0.3 is 0 Å². The number of hydrogen-bond acceptors (Lipinski definition) is 2. The highest BCUT2D eigenvalue weighted by molar-refractivity contribution is 5.83. The molecule has 0 N–H and O–H groups in total. The molecule has 116 valence electrons. The monoisotopic (exact) mass is 289 g/mol. The lowest BCUT2D eigenvalue weighted by molar-refractivity contribution is -0.134. The first-order valence-electron chi connectivity index (χ1n) is 8.09. The van der Waals surface area contributed by atoms with E-state index in [1.807, 2.05) is 18.2 Å². The molecule has 0 saturated carbocycles. The average Bonchev–Trinajstić information content (AvgIpc) is 2.55. The van der Waals surface area contributed by atoms with Gasteiger partial charge in [0, 0.05) is 26.8 Å². The van der Waals surface area contributed by atoms with E-state index in [0.717, 1.165) is 50.9 Å². The van der Waals surface area contributed by atoms with Crippen molar-refractivity contribution in [3.63, 3.8) is 0 Å². The van der Waals surface area contributed by atoms with E-state index in [2.05, 4.69) is 24.0 Å². The Morgan fingerprint density at radius 1 is 1.29 bits per heavy atom. The van der Waals surface area contributed by atoms with E-state index < -0.39 is 0 Å². The van der Waals surface area contributed by atoms with E-state index in [0.29, 0.717) is 11.8 Å². The fourth-order valence-corrected chi connectivity index (χ4v) is 3.19. The lowest BCUT2D eigenvalue weighted by atomic mass is 9.91. The number of nitrogens with zero attached hydrogens (tertiary/aromatic N) is 1. The molecule has 1 unspecified atom stereocenters. The van der Waals surface area contributed by atoms with Crippen molar-refractivity contribution in [3.05, 3.63) is 35.9 Å². The highest BCUT2D eigenvalue weighted by Crippen LogP contribution is 2.26. The predicted octanol–water partition coefficient (Wildman–Crippen LogP) is 3.46. The maximum atomic E-state index is 12.8. The van der Waals surface area contributed by atoms with Gasteiger partial charge in [-0.3, -0.25) is 4.79 Å². The number of benzene rings is 1. The molecular formula is C18H27NO2. The number of piperidine rings is 1. The van der Waals surface area contributed by atoms with Crippen molar-refractivity contribution in [3.8, 4) is 0 Å². The van der Waals surface area contributed by atoms with Gasteiger partial charge in [-0.25, -0.2) is 0 Å². The molecule has 0 aromatic heterocycles. The van der Waals surface area contributed by atoms with Crippen LogP contribution in [0.5, 0.6) is 0 Å². The standard InChI is InChI=1S/C18H27NO2/c1-3-17(16-7-5-4-6-8-16)18(20)19-12-9-15(10-13-19)11-14-21-2/h4-8,15,17H,3,9-14H2,1-2H3. The highest BCUT2D eigenvalue weighted by Gasteiger charge is 2.27. The first-order chi connectivity index (χ1) is 10.3. The van der Waals surface area contributed by atoms with Crippen LogP contribution < -0.4 is 0 Å². The van der Waals surface area contributed by atoms with Gasteiger partial charge in [-0.05, 0) is 37.2 Å². The lowest BCUT2D eigenvalue weighted by Crippen LogP contribution is -2.41. The van der Waals surface area contributed by atoms with Crippen molar-refractivity contribution in [1.29, 1.82) is 0 Å². The summed E-state index contributed by atoms with van der Waals surface area (Å²) in [5.41, 5.74) is 1.14. The third-order valence-electron chi connectivity index (χ3n) is 4.56. The second kappa shape index (κ2) is 8.18. The van der Waals surface area contributed by atoms with Gasteiger partial charge in [0.2, 0.25) is 5.91 Å². The minimum atomic E-state index is 0.0155. The van der Waals surface area contributed by atoms with E-state index in [9.17, 15) is 4.79 Å².